The topological polar surface area (TPSA) is 102 Å². The van der Waals surface area contributed by atoms with Crippen molar-refractivity contribution in [2.24, 2.45) is 7.05 Å². The summed E-state index contributed by atoms with van der Waals surface area (Å²) in [6.07, 6.45) is 1.48. The molecular formula is C25H23F3N6O3. The zero-order chi connectivity index (χ0) is 26.6. The Kier molecular flexibility index (Phi) is 5.76. The smallest absolute Gasteiger partial charge is 0.265 e. The van der Waals surface area contributed by atoms with Gasteiger partial charge in [0.2, 0.25) is 5.91 Å². The van der Waals surface area contributed by atoms with Crippen LogP contribution in [0.3, 0.4) is 0 Å². The van der Waals surface area contributed by atoms with Gasteiger partial charge in [-0.15, -0.1) is 0 Å². The molecule has 0 radical (unpaired) electrons. The fourth-order valence-corrected chi connectivity index (χ4v) is 4.60. The molecule has 0 spiro atoms. The van der Waals surface area contributed by atoms with E-state index in [1.807, 2.05) is 0 Å². The van der Waals surface area contributed by atoms with Crippen molar-refractivity contribution in [3.63, 3.8) is 0 Å². The van der Waals surface area contributed by atoms with Crippen molar-refractivity contribution in [3.05, 3.63) is 69.4 Å². The van der Waals surface area contributed by atoms with Crippen LogP contribution in [0.15, 0.2) is 35.3 Å². The normalized spacial score (nSPS) is 14.7. The number of carbonyl (C=O) groups is 2. The average molecular weight is 512 g/mol. The number of amides is 2. The van der Waals surface area contributed by atoms with Crippen LogP contribution in [0.1, 0.15) is 28.7 Å². The van der Waals surface area contributed by atoms with Crippen molar-refractivity contribution in [1.29, 1.82) is 0 Å². The Morgan fingerprint density at radius 2 is 1.81 bits per heavy atom. The summed E-state index contributed by atoms with van der Waals surface area (Å²) in [5.74, 6) is -2.22. The van der Waals surface area contributed by atoms with E-state index in [4.69, 9.17) is 0 Å². The summed E-state index contributed by atoms with van der Waals surface area (Å²) in [4.78, 5) is 49.5. The maximum atomic E-state index is 14.0. The van der Waals surface area contributed by atoms with Crippen LogP contribution in [0.2, 0.25) is 0 Å². The van der Waals surface area contributed by atoms with Crippen LogP contribution in [0.25, 0.3) is 22.1 Å². The molecule has 4 aromatic rings. The van der Waals surface area contributed by atoms with Gasteiger partial charge in [0.15, 0.2) is 0 Å². The van der Waals surface area contributed by atoms with Gasteiger partial charge < -0.3 is 14.8 Å². The number of nitrogens with one attached hydrogen (secondary N) is 1. The molecule has 0 aliphatic carbocycles. The Morgan fingerprint density at radius 3 is 2.46 bits per heavy atom. The number of likely N-dealkylation sites (tertiary alicyclic amines) is 1. The van der Waals surface area contributed by atoms with E-state index in [9.17, 15) is 27.6 Å². The third kappa shape index (κ3) is 4.43. The lowest BCUT2D eigenvalue weighted by Gasteiger charge is -2.42. The number of halogens is 3. The van der Waals surface area contributed by atoms with Crippen molar-refractivity contribution < 1.29 is 22.8 Å². The molecule has 1 N–H and O–H groups in total. The van der Waals surface area contributed by atoms with E-state index in [0.717, 1.165) is 16.7 Å². The van der Waals surface area contributed by atoms with Gasteiger partial charge in [0, 0.05) is 25.0 Å². The van der Waals surface area contributed by atoms with E-state index >= 15 is 0 Å². The first-order valence-corrected chi connectivity index (χ1v) is 11.5. The number of benzene rings is 1. The van der Waals surface area contributed by atoms with Crippen LogP contribution in [-0.4, -0.2) is 54.6 Å². The Labute approximate surface area is 208 Å². The van der Waals surface area contributed by atoms with E-state index in [0.29, 0.717) is 28.3 Å². The van der Waals surface area contributed by atoms with Gasteiger partial charge in [0.25, 0.3) is 11.5 Å². The van der Waals surface area contributed by atoms with Crippen LogP contribution < -0.4 is 10.9 Å². The predicted octanol–water partition coefficient (Wildman–Crippen LogP) is 2.37. The predicted molar refractivity (Wildman–Crippen MR) is 129 cm³/mol. The second kappa shape index (κ2) is 8.71. The maximum Gasteiger partial charge on any atom is 0.265 e. The fraction of sp³-hybridized carbons (Fsp3) is 0.320. The van der Waals surface area contributed by atoms with Crippen LogP contribution in [0.5, 0.6) is 0 Å². The SMILES string of the molecule is Cc1nc2cnc3c(cc(C(=O)NCc4cc(F)cc(F)c4)c(=O)n3CC(=O)N3CC(C)(F)C3)c2n1C. The molecule has 2 amide bonds. The van der Waals surface area contributed by atoms with Gasteiger partial charge >= 0.3 is 0 Å². The molecule has 0 atom stereocenters. The highest BCUT2D eigenvalue weighted by atomic mass is 19.1. The van der Waals surface area contributed by atoms with Crippen LogP contribution in [0, 0.1) is 18.6 Å². The molecule has 4 heterocycles. The Hall–Kier alpha value is -4.22. The van der Waals surface area contributed by atoms with E-state index in [1.54, 1.807) is 18.5 Å². The molecule has 0 saturated carbocycles. The van der Waals surface area contributed by atoms with Gasteiger partial charge in [0.05, 0.1) is 24.8 Å². The molecule has 192 valence electrons. The zero-order valence-electron chi connectivity index (χ0n) is 20.3. The van der Waals surface area contributed by atoms with E-state index in [2.05, 4.69) is 15.3 Å². The molecule has 1 aliphatic rings. The Bertz CT molecular complexity index is 1630. The van der Waals surface area contributed by atoms with E-state index in [-0.39, 0.29) is 36.4 Å². The van der Waals surface area contributed by atoms with Crippen molar-refractivity contribution in [1.82, 2.24) is 29.3 Å². The number of nitrogens with zero attached hydrogens (tertiary/aromatic N) is 5. The van der Waals surface area contributed by atoms with Gasteiger partial charge in [-0.1, -0.05) is 0 Å². The number of alkyl halides is 1. The van der Waals surface area contributed by atoms with Crippen LogP contribution >= 0.6 is 0 Å². The summed E-state index contributed by atoms with van der Waals surface area (Å²) in [6.45, 7) is 2.30. The highest BCUT2D eigenvalue weighted by molar-refractivity contribution is 6.05. The summed E-state index contributed by atoms with van der Waals surface area (Å²) in [5, 5.41) is 2.92. The number of aryl methyl sites for hydroxylation is 2. The van der Waals surface area contributed by atoms with Gasteiger partial charge in [0.1, 0.15) is 46.4 Å². The average Bonchev–Trinajstić information content (AvgIpc) is 3.10. The van der Waals surface area contributed by atoms with Crippen molar-refractivity contribution >= 4 is 33.9 Å². The second-order valence-corrected chi connectivity index (χ2v) is 9.52. The highest BCUT2D eigenvalue weighted by Crippen LogP contribution is 2.26. The number of fused-ring (bicyclic) bond motifs is 3. The molecule has 1 saturated heterocycles. The largest absolute Gasteiger partial charge is 0.348 e. The van der Waals surface area contributed by atoms with Gasteiger partial charge in [-0.05, 0) is 37.6 Å². The Balaban J connectivity index is 1.58. The fourth-order valence-electron chi connectivity index (χ4n) is 4.60. The lowest BCUT2D eigenvalue weighted by Crippen LogP contribution is -2.60. The molecule has 1 aromatic carbocycles. The summed E-state index contributed by atoms with van der Waals surface area (Å²) in [6, 6.07) is 4.22. The van der Waals surface area contributed by atoms with Crippen molar-refractivity contribution in [2.75, 3.05) is 13.1 Å². The summed E-state index contributed by atoms with van der Waals surface area (Å²) in [7, 11) is 1.77. The number of hydrogen-bond acceptors (Lipinski definition) is 5. The third-order valence-corrected chi connectivity index (χ3v) is 6.48. The van der Waals surface area contributed by atoms with Crippen molar-refractivity contribution in [2.45, 2.75) is 32.6 Å². The number of hydrogen-bond donors (Lipinski definition) is 1. The first-order valence-electron chi connectivity index (χ1n) is 11.5. The minimum atomic E-state index is -1.49. The summed E-state index contributed by atoms with van der Waals surface area (Å²) < 4.78 is 43.9. The molecule has 1 aliphatic heterocycles. The van der Waals surface area contributed by atoms with Crippen molar-refractivity contribution in [3.8, 4) is 0 Å². The highest BCUT2D eigenvalue weighted by Gasteiger charge is 2.41. The molecule has 5 rings (SSSR count). The monoisotopic (exact) mass is 512 g/mol. The quantitative estimate of drug-likeness (QED) is 0.443. The minimum absolute atomic E-state index is 0.0957. The molecule has 0 bridgehead atoms. The second-order valence-electron chi connectivity index (χ2n) is 9.52. The number of pyridine rings is 2. The van der Waals surface area contributed by atoms with Crippen LogP contribution in [0.4, 0.5) is 13.2 Å². The molecule has 0 unspecified atom stereocenters. The van der Waals surface area contributed by atoms with Crippen LogP contribution in [-0.2, 0) is 24.9 Å². The number of aromatic nitrogens is 4. The first-order chi connectivity index (χ1) is 17.4. The number of rotatable bonds is 5. The number of imidazole rings is 1. The zero-order valence-corrected chi connectivity index (χ0v) is 20.3. The lowest BCUT2D eigenvalue weighted by molar-refractivity contribution is -0.144. The van der Waals surface area contributed by atoms with Gasteiger partial charge in [-0.25, -0.2) is 23.1 Å². The molecular weight excluding hydrogens is 489 g/mol. The van der Waals surface area contributed by atoms with E-state index < -0.39 is 41.2 Å². The van der Waals surface area contributed by atoms with Gasteiger partial charge in [-0.2, -0.15) is 0 Å². The summed E-state index contributed by atoms with van der Waals surface area (Å²) >= 11 is 0. The first kappa shape index (κ1) is 24.5. The number of carbonyl (C=O) groups excluding carboxylic acids is 2. The summed E-state index contributed by atoms with van der Waals surface area (Å²) in [5.41, 5.74) is -1.09. The van der Waals surface area contributed by atoms with E-state index in [1.165, 1.54) is 24.1 Å². The molecule has 3 aromatic heterocycles. The molecule has 12 heteroatoms. The molecule has 37 heavy (non-hydrogen) atoms. The third-order valence-electron chi connectivity index (χ3n) is 6.48. The lowest BCUT2D eigenvalue weighted by atomic mass is 9.99. The Morgan fingerprint density at radius 1 is 1.14 bits per heavy atom. The molecule has 9 nitrogen and oxygen atoms in total. The molecule has 1 fully saturated rings. The van der Waals surface area contributed by atoms with Gasteiger partial charge in [-0.3, -0.25) is 19.0 Å². The minimum Gasteiger partial charge on any atom is -0.348 e. The standard InChI is InChI=1S/C25H23F3N6O3/c1-13-31-19-9-29-22-17(21(19)32(13)3)7-18(23(36)30-8-14-4-15(26)6-16(27)5-14)24(37)34(22)10-20(35)33-11-25(2,28)12-33/h4-7,9H,8,10-12H2,1-3H3,(H,30,36). The maximum absolute atomic E-state index is 14.0.